The van der Waals surface area contributed by atoms with E-state index in [9.17, 15) is 4.79 Å². The second-order valence-corrected chi connectivity index (χ2v) is 8.25. The zero-order chi connectivity index (χ0) is 17.7. The first-order valence-electron chi connectivity index (χ1n) is 10.1. The van der Waals surface area contributed by atoms with E-state index in [1.165, 1.54) is 50.5 Å². The molecule has 0 aliphatic heterocycles. The smallest absolute Gasteiger partial charge is 0.220 e. The van der Waals surface area contributed by atoms with Crippen molar-refractivity contribution in [3.63, 3.8) is 0 Å². The van der Waals surface area contributed by atoms with Gasteiger partial charge in [-0.2, -0.15) is 0 Å². The van der Waals surface area contributed by atoms with E-state index in [1.807, 2.05) is 6.07 Å². The molecule has 3 nitrogen and oxygen atoms in total. The van der Waals surface area contributed by atoms with Crippen LogP contribution in [0, 0.1) is 11.8 Å². The standard InChI is InChI=1S/C22H33NO2/c1-22(19-13-14-19,18-11-3-2-4-12-18)20(16-21(23)24)25-15-7-10-17-8-5-6-9-17/h2-4,11-12,17,19-20H,5-10,13-16H2,1H3,(H2,23,24). The minimum Gasteiger partial charge on any atom is -0.377 e. The molecule has 138 valence electrons. The van der Waals surface area contributed by atoms with Crippen LogP contribution in [0.25, 0.3) is 0 Å². The highest BCUT2D eigenvalue weighted by Gasteiger charge is 2.49. The summed E-state index contributed by atoms with van der Waals surface area (Å²) in [7, 11) is 0. The zero-order valence-electron chi connectivity index (χ0n) is 15.6. The lowest BCUT2D eigenvalue weighted by Crippen LogP contribution is -2.43. The molecule has 0 saturated heterocycles. The molecule has 2 aliphatic carbocycles. The van der Waals surface area contributed by atoms with Crippen molar-refractivity contribution < 1.29 is 9.53 Å². The van der Waals surface area contributed by atoms with Gasteiger partial charge in [-0.3, -0.25) is 4.79 Å². The van der Waals surface area contributed by atoms with Crippen molar-refractivity contribution in [2.45, 2.75) is 76.2 Å². The molecule has 2 unspecified atom stereocenters. The molecule has 2 N–H and O–H groups in total. The van der Waals surface area contributed by atoms with Crippen molar-refractivity contribution in [2.24, 2.45) is 17.6 Å². The number of hydrogen-bond acceptors (Lipinski definition) is 2. The average Bonchev–Trinajstić information content (AvgIpc) is 3.35. The van der Waals surface area contributed by atoms with Crippen LogP contribution in [0.2, 0.25) is 0 Å². The second kappa shape index (κ2) is 8.35. The fraction of sp³-hybridized carbons (Fsp3) is 0.682. The number of ether oxygens (including phenoxy) is 1. The first-order valence-corrected chi connectivity index (χ1v) is 10.1. The van der Waals surface area contributed by atoms with Gasteiger partial charge in [0.05, 0.1) is 12.5 Å². The van der Waals surface area contributed by atoms with E-state index in [0.717, 1.165) is 18.9 Å². The summed E-state index contributed by atoms with van der Waals surface area (Å²) in [5, 5.41) is 0. The summed E-state index contributed by atoms with van der Waals surface area (Å²) < 4.78 is 6.33. The third-order valence-electron chi connectivity index (χ3n) is 6.43. The molecule has 0 heterocycles. The van der Waals surface area contributed by atoms with Gasteiger partial charge in [0.15, 0.2) is 0 Å². The van der Waals surface area contributed by atoms with Gasteiger partial charge in [-0.15, -0.1) is 0 Å². The van der Waals surface area contributed by atoms with Crippen molar-refractivity contribution in [1.29, 1.82) is 0 Å². The quantitative estimate of drug-likeness (QED) is 0.632. The monoisotopic (exact) mass is 343 g/mol. The van der Waals surface area contributed by atoms with E-state index >= 15 is 0 Å². The van der Waals surface area contributed by atoms with Gasteiger partial charge in [0.1, 0.15) is 0 Å². The number of rotatable bonds is 10. The lowest BCUT2D eigenvalue weighted by molar-refractivity contribution is -0.123. The van der Waals surface area contributed by atoms with Crippen LogP contribution in [0.1, 0.15) is 70.3 Å². The Hall–Kier alpha value is -1.35. The van der Waals surface area contributed by atoms with Crippen LogP contribution >= 0.6 is 0 Å². The van der Waals surface area contributed by atoms with Gasteiger partial charge in [-0.25, -0.2) is 0 Å². The first kappa shape index (κ1) is 18.4. The van der Waals surface area contributed by atoms with Gasteiger partial charge in [0.25, 0.3) is 0 Å². The molecule has 0 aromatic heterocycles. The highest BCUT2D eigenvalue weighted by molar-refractivity contribution is 5.74. The lowest BCUT2D eigenvalue weighted by Gasteiger charge is -2.38. The molecular formula is C22H33NO2. The van der Waals surface area contributed by atoms with E-state index in [2.05, 4.69) is 31.2 Å². The van der Waals surface area contributed by atoms with Gasteiger partial charge < -0.3 is 10.5 Å². The molecule has 3 rings (SSSR count). The molecule has 25 heavy (non-hydrogen) atoms. The van der Waals surface area contributed by atoms with Crippen LogP contribution in [-0.4, -0.2) is 18.6 Å². The summed E-state index contributed by atoms with van der Waals surface area (Å²) >= 11 is 0. The Morgan fingerprint density at radius 2 is 1.88 bits per heavy atom. The van der Waals surface area contributed by atoms with Gasteiger partial charge in [0.2, 0.25) is 5.91 Å². The molecule has 1 aromatic carbocycles. The second-order valence-electron chi connectivity index (χ2n) is 8.25. The Kier molecular flexibility index (Phi) is 6.16. The molecule has 2 fully saturated rings. The molecule has 0 spiro atoms. The van der Waals surface area contributed by atoms with Crippen molar-refractivity contribution in [2.75, 3.05) is 6.61 Å². The molecule has 2 saturated carbocycles. The average molecular weight is 344 g/mol. The normalized spacial score (nSPS) is 21.8. The fourth-order valence-corrected chi connectivity index (χ4v) is 4.69. The third kappa shape index (κ3) is 4.63. The van der Waals surface area contributed by atoms with Crippen molar-refractivity contribution in [3.05, 3.63) is 35.9 Å². The van der Waals surface area contributed by atoms with Crippen LogP contribution in [0.15, 0.2) is 30.3 Å². The molecular weight excluding hydrogens is 310 g/mol. The minimum atomic E-state index is -0.261. The molecule has 0 radical (unpaired) electrons. The van der Waals surface area contributed by atoms with Crippen molar-refractivity contribution in [3.8, 4) is 0 Å². The SMILES string of the molecule is CC(c1ccccc1)(C1CC1)C(CC(N)=O)OCCCC1CCCC1. The number of carbonyl (C=O) groups excluding carboxylic acids is 1. The Balaban J connectivity index is 1.65. The molecule has 2 aliphatic rings. The van der Waals surface area contributed by atoms with Crippen LogP contribution in [0.4, 0.5) is 0 Å². The predicted molar refractivity (Wildman–Crippen MR) is 101 cm³/mol. The summed E-state index contributed by atoms with van der Waals surface area (Å²) in [6.45, 7) is 3.01. The minimum absolute atomic E-state index is 0.121. The number of nitrogens with two attached hydrogens (primary N) is 1. The van der Waals surface area contributed by atoms with E-state index < -0.39 is 0 Å². The topological polar surface area (TPSA) is 52.3 Å². The van der Waals surface area contributed by atoms with Crippen LogP contribution < -0.4 is 5.73 Å². The van der Waals surface area contributed by atoms with Crippen molar-refractivity contribution >= 4 is 5.91 Å². The highest BCUT2D eigenvalue weighted by atomic mass is 16.5. The Labute approximate surface area is 152 Å². The summed E-state index contributed by atoms with van der Waals surface area (Å²) in [6, 6.07) is 10.6. The molecule has 1 aromatic rings. The largest absolute Gasteiger partial charge is 0.377 e. The van der Waals surface area contributed by atoms with Gasteiger partial charge in [-0.1, -0.05) is 62.9 Å². The number of hydrogen-bond donors (Lipinski definition) is 1. The van der Waals surface area contributed by atoms with E-state index in [1.54, 1.807) is 0 Å². The van der Waals surface area contributed by atoms with Gasteiger partial charge in [0, 0.05) is 12.0 Å². The fourth-order valence-electron chi connectivity index (χ4n) is 4.69. The third-order valence-corrected chi connectivity index (χ3v) is 6.43. The maximum absolute atomic E-state index is 11.7. The highest BCUT2D eigenvalue weighted by Crippen LogP contribution is 2.50. The summed E-state index contributed by atoms with van der Waals surface area (Å²) in [5.74, 6) is 1.22. The van der Waals surface area contributed by atoms with E-state index in [-0.39, 0.29) is 17.4 Å². The van der Waals surface area contributed by atoms with E-state index in [4.69, 9.17) is 10.5 Å². The number of amides is 1. The number of carbonyl (C=O) groups is 1. The van der Waals surface area contributed by atoms with E-state index in [0.29, 0.717) is 12.3 Å². The number of primary amides is 1. The zero-order valence-corrected chi connectivity index (χ0v) is 15.6. The van der Waals surface area contributed by atoms with Gasteiger partial charge in [-0.05, 0) is 43.1 Å². The Morgan fingerprint density at radius 1 is 1.20 bits per heavy atom. The molecule has 1 amide bonds. The molecule has 2 atom stereocenters. The maximum atomic E-state index is 11.7. The lowest BCUT2D eigenvalue weighted by atomic mass is 9.72. The number of benzene rings is 1. The van der Waals surface area contributed by atoms with Crippen LogP contribution in [-0.2, 0) is 14.9 Å². The van der Waals surface area contributed by atoms with Gasteiger partial charge >= 0.3 is 0 Å². The summed E-state index contributed by atoms with van der Waals surface area (Å²) in [6.07, 6.45) is 10.5. The summed E-state index contributed by atoms with van der Waals surface area (Å²) in [4.78, 5) is 11.7. The van der Waals surface area contributed by atoms with Crippen LogP contribution in [0.5, 0.6) is 0 Å². The van der Waals surface area contributed by atoms with Crippen molar-refractivity contribution in [1.82, 2.24) is 0 Å². The summed E-state index contributed by atoms with van der Waals surface area (Å²) in [5.41, 5.74) is 6.73. The molecule has 0 bridgehead atoms. The molecule has 3 heteroatoms. The predicted octanol–water partition coefficient (Wildman–Crippen LogP) is 4.59. The Bertz CT molecular complexity index is 548. The Morgan fingerprint density at radius 3 is 2.48 bits per heavy atom. The van der Waals surface area contributed by atoms with Crippen LogP contribution in [0.3, 0.4) is 0 Å². The maximum Gasteiger partial charge on any atom is 0.220 e. The first-order chi connectivity index (χ1) is 12.1.